The van der Waals surface area contributed by atoms with Gasteiger partial charge in [-0.15, -0.1) is 0 Å². The van der Waals surface area contributed by atoms with E-state index in [0.29, 0.717) is 6.61 Å². The highest BCUT2D eigenvalue weighted by molar-refractivity contribution is 5.61. The lowest BCUT2D eigenvalue weighted by atomic mass is 10.1. The molecule has 0 saturated heterocycles. The first-order chi connectivity index (χ1) is 10.2. The van der Waals surface area contributed by atoms with E-state index in [0.717, 1.165) is 60.2 Å². The SMILES string of the molecule is CCCNc1nc(-c2cn(C)nc2C)nc2c1COCC2. The second-order valence-corrected chi connectivity index (χ2v) is 5.35. The van der Waals surface area contributed by atoms with Crippen molar-refractivity contribution in [1.82, 2.24) is 19.7 Å². The second kappa shape index (κ2) is 5.81. The maximum Gasteiger partial charge on any atom is 0.165 e. The van der Waals surface area contributed by atoms with Gasteiger partial charge in [-0.2, -0.15) is 5.10 Å². The molecule has 0 bridgehead atoms. The molecule has 0 saturated carbocycles. The van der Waals surface area contributed by atoms with Gasteiger partial charge in [0.05, 0.1) is 30.2 Å². The third-order valence-corrected chi connectivity index (χ3v) is 3.62. The third-order valence-electron chi connectivity index (χ3n) is 3.62. The van der Waals surface area contributed by atoms with Crippen molar-refractivity contribution in [2.75, 3.05) is 18.5 Å². The van der Waals surface area contributed by atoms with E-state index in [4.69, 9.17) is 14.7 Å². The summed E-state index contributed by atoms with van der Waals surface area (Å²) < 4.78 is 7.35. The lowest BCUT2D eigenvalue weighted by Crippen LogP contribution is -2.17. The molecule has 0 atom stereocenters. The summed E-state index contributed by atoms with van der Waals surface area (Å²) in [6, 6.07) is 0. The van der Waals surface area contributed by atoms with E-state index in [2.05, 4.69) is 17.3 Å². The van der Waals surface area contributed by atoms with E-state index in [1.54, 1.807) is 4.68 Å². The Morgan fingerprint density at radius 1 is 1.38 bits per heavy atom. The summed E-state index contributed by atoms with van der Waals surface area (Å²) in [5.41, 5.74) is 4.13. The van der Waals surface area contributed by atoms with Gasteiger partial charge in [0.1, 0.15) is 5.82 Å². The first-order valence-corrected chi connectivity index (χ1v) is 7.41. The number of rotatable bonds is 4. The normalized spacial score (nSPS) is 14.0. The summed E-state index contributed by atoms with van der Waals surface area (Å²) in [5.74, 6) is 1.65. The molecule has 0 amide bonds. The highest BCUT2D eigenvalue weighted by Crippen LogP contribution is 2.27. The van der Waals surface area contributed by atoms with E-state index >= 15 is 0 Å². The topological polar surface area (TPSA) is 64.9 Å². The predicted octanol–water partition coefficient (Wildman–Crippen LogP) is 2.08. The summed E-state index contributed by atoms with van der Waals surface area (Å²) in [6.07, 6.45) is 3.87. The molecule has 1 N–H and O–H groups in total. The lowest BCUT2D eigenvalue weighted by molar-refractivity contribution is 0.109. The molecule has 3 heterocycles. The van der Waals surface area contributed by atoms with Crippen LogP contribution in [-0.2, 0) is 24.8 Å². The summed E-state index contributed by atoms with van der Waals surface area (Å²) in [4.78, 5) is 9.45. The maximum absolute atomic E-state index is 5.55. The first kappa shape index (κ1) is 14.0. The zero-order chi connectivity index (χ0) is 14.8. The monoisotopic (exact) mass is 287 g/mol. The molecule has 0 aromatic carbocycles. The van der Waals surface area contributed by atoms with Crippen molar-refractivity contribution < 1.29 is 4.74 Å². The molecule has 0 unspecified atom stereocenters. The Hall–Kier alpha value is -1.95. The summed E-state index contributed by atoms with van der Waals surface area (Å²) in [6.45, 7) is 6.34. The van der Waals surface area contributed by atoms with Gasteiger partial charge in [0, 0.05) is 31.8 Å². The molecule has 0 fully saturated rings. The van der Waals surface area contributed by atoms with Gasteiger partial charge >= 0.3 is 0 Å². The summed E-state index contributed by atoms with van der Waals surface area (Å²) in [5, 5.41) is 7.78. The van der Waals surface area contributed by atoms with Crippen molar-refractivity contribution in [3.8, 4) is 11.4 Å². The second-order valence-electron chi connectivity index (χ2n) is 5.35. The zero-order valence-electron chi connectivity index (χ0n) is 12.8. The van der Waals surface area contributed by atoms with Gasteiger partial charge in [0.15, 0.2) is 5.82 Å². The van der Waals surface area contributed by atoms with Gasteiger partial charge in [0.25, 0.3) is 0 Å². The molecule has 0 spiro atoms. The predicted molar refractivity (Wildman–Crippen MR) is 81.1 cm³/mol. The third kappa shape index (κ3) is 2.76. The molecule has 0 aliphatic carbocycles. The molecular weight excluding hydrogens is 266 g/mol. The number of aromatic nitrogens is 4. The van der Waals surface area contributed by atoms with Gasteiger partial charge in [-0.3, -0.25) is 4.68 Å². The van der Waals surface area contributed by atoms with Gasteiger partial charge in [-0.25, -0.2) is 9.97 Å². The van der Waals surface area contributed by atoms with E-state index in [1.807, 2.05) is 20.2 Å². The van der Waals surface area contributed by atoms with Gasteiger partial charge in [-0.05, 0) is 13.3 Å². The molecular formula is C15H21N5O. The maximum atomic E-state index is 5.55. The molecule has 2 aromatic heterocycles. The number of hydrogen-bond acceptors (Lipinski definition) is 5. The quantitative estimate of drug-likeness (QED) is 0.932. The number of fused-ring (bicyclic) bond motifs is 1. The Bertz CT molecular complexity index is 650. The Balaban J connectivity index is 2.07. The van der Waals surface area contributed by atoms with Crippen molar-refractivity contribution in [2.24, 2.45) is 7.05 Å². The Morgan fingerprint density at radius 3 is 2.95 bits per heavy atom. The molecule has 3 rings (SSSR count). The van der Waals surface area contributed by atoms with E-state index in [1.165, 1.54) is 0 Å². The van der Waals surface area contributed by atoms with Crippen LogP contribution in [0.15, 0.2) is 6.20 Å². The minimum absolute atomic E-state index is 0.591. The molecule has 0 radical (unpaired) electrons. The number of ether oxygens (including phenoxy) is 1. The molecule has 6 heteroatoms. The fraction of sp³-hybridized carbons (Fsp3) is 0.533. The number of aryl methyl sites for hydroxylation is 2. The number of anilines is 1. The van der Waals surface area contributed by atoms with Crippen LogP contribution in [0.4, 0.5) is 5.82 Å². The Kier molecular flexibility index (Phi) is 3.88. The standard InChI is InChI=1S/C15H21N5O/c1-4-6-16-14-12-9-21-7-5-13(12)17-15(18-14)11-8-20(3)19-10(11)2/h8H,4-7,9H2,1-3H3,(H,16,17,18). The highest BCUT2D eigenvalue weighted by Gasteiger charge is 2.20. The zero-order valence-corrected chi connectivity index (χ0v) is 12.8. The number of hydrogen-bond donors (Lipinski definition) is 1. The first-order valence-electron chi connectivity index (χ1n) is 7.41. The Morgan fingerprint density at radius 2 is 2.24 bits per heavy atom. The summed E-state index contributed by atoms with van der Waals surface area (Å²) >= 11 is 0. The molecule has 1 aliphatic heterocycles. The van der Waals surface area contributed by atoms with Gasteiger partial charge in [-0.1, -0.05) is 6.92 Å². The van der Waals surface area contributed by atoms with Crippen LogP contribution in [0.5, 0.6) is 0 Å². The minimum atomic E-state index is 0.591. The smallest absolute Gasteiger partial charge is 0.165 e. The fourth-order valence-electron chi connectivity index (χ4n) is 2.56. The van der Waals surface area contributed by atoms with Gasteiger partial charge < -0.3 is 10.1 Å². The molecule has 2 aromatic rings. The van der Waals surface area contributed by atoms with E-state index in [9.17, 15) is 0 Å². The molecule has 6 nitrogen and oxygen atoms in total. The average Bonchev–Trinajstić information content (AvgIpc) is 2.83. The van der Waals surface area contributed by atoms with Crippen molar-refractivity contribution >= 4 is 5.82 Å². The van der Waals surface area contributed by atoms with Crippen LogP contribution in [0.2, 0.25) is 0 Å². The van der Waals surface area contributed by atoms with Crippen molar-refractivity contribution in [3.05, 3.63) is 23.1 Å². The van der Waals surface area contributed by atoms with Crippen LogP contribution >= 0.6 is 0 Å². The summed E-state index contributed by atoms with van der Waals surface area (Å²) in [7, 11) is 1.92. The Labute approximate surface area is 124 Å². The molecule has 112 valence electrons. The highest BCUT2D eigenvalue weighted by atomic mass is 16.5. The number of nitrogens with zero attached hydrogens (tertiary/aromatic N) is 4. The van der Waals surface area contributed by atoms with Crippen LogP contribution in [0.3, 0.4) is 0 Å². The van der Waals surface area contributed by atoms with Crippen LogP contribution in [-0.4, -0.2) is 32.9 Å². The van der Waals surface area contributed by atoms with Crippen molar-refractivity contribution in [2.45, 2.75) is 33.3 Å². The largest absolute Gasteiger partial charge is 0.376 e. The van der Waals surface area contributed by atoms with Crippen LogP contribution in [0, 0.1) is 6.92 Å². The van der Waals surface area contributed by atoms with Crippen molar-refractivity contribution in [1.29, 1.82) is 0 Å². The van der Waals surface area contributed by atoms with Crippen LogP contribution in [0.25, 0.3) is 11.4 Å². The minimum Gasteiger partial charge on any atom is -0.376 e. The van der Waals surface area contributed by atoms with Crippen LogP contribution < -0.4 is 5.32 Å². The van der Waals surface area contributed by atoms with Crippen LogP contribution in [0.1, 0.15) is 30.3 Å². The van der Waals surface area contributed by atoms with Gasteiger partial charge in [0.2, 0.25) is 0 Å². The van der Waals surface area contributed by atoms with Crippen molar-refractivity contribution in [3.63, 3.8) is 0 Å². The van der Waals surface area contributed by atoms with E-state index in [-0.39, 0.29) is 0 Å². The fourth-order valence-corrected chi connectivity index (χ4v) is 2.56. The molecule has 1 aliphatic rings. The van der Waals surface area contributed by atoms with E-state index < -0.39 is 0 Å². The number of nitrogens with one attached hydrogen (secondary N) is 1. The lowest BCUT2D eigenvalue weighted by Gasteiger charge is -2.20. The average molecular weight is 287 g/mol. The molecule has 21 heavy (non-hydrogen) atoms.